The van der Waals surface area contributed by atoms with E-state index < -0.39 is 0 Å². The van der Waals surface area contributed by atoms with Crippen LogP contribution in [0.4, 0.5) is 0 Å². The standard InChI is InChI=1S/C19H23N3OS/c23-18(21-13-15-3-1-7-20-12-15)17-11-19(17)5-8-22(9-6-19)14-16-4-2-10-24-16/h1-4,7,10,12,17H,5-6,8-9,11,13-14H2,(H,21,23). The van der Waals surface area contributed by atoms with Gasteiger partial charge in [0.05, 0.1) is 0 Å². The highest BCUT2D eigenvalue weighted by Crippen LogP contribution is 2.59. The second-order valence-electron chi connectivity index (χ2n) is 7.05. The zero-order valence-corrected chi connectivity index (χ0v) is 14.6. The van der Waals surface area contributed by atoms with Crippen LogP contribution in [0.3, 0.4) is 0 Å². The van der Waals surface area contributed by atoms with Gasteiger partial charge in [0.1, 0.15) is 0 Å². The predicted molar refractivity (Wildman–Crippen MR) is 95.5 cm³/mol. The number of thiophene rings is 1. The molecule has 4 nitrogen and oxygen atoms in total. The number of carbonyl (C=O) groups is 1. The quantitative estimate of drug-likeness (QED) is 0.909. The van der Waals surface area contributed by atoms with E-state index in [1.807, 2.05) is 29.7 Å². The molecule has 2 aliphatic rings. The molecule has 3 heterocycles. The van der Waals surface area contributed by atoms with Gasteiger partial charge in [-0.2, -0.15) is 0 Å². The van der Waals surface area contributed by atoms with E-state index in [0.717, 1.165) is 44.5 Å². The number of carbonyl (C=O) groups excluding carboxylic acids is 1. The number of nitrogens with zero attached hydrogens (tertiary/aromatic N) is 2. The van der Waals surface area contributed by atoms with Crippen molar-refractivity contribution in [2.45, 2.75) is 32.4 Å². The number of hydrogen-bond acceptors (Lipinski definition) is 4. The molecule has 1 saturated carbocycles. The van der Waals surface area contributed by atoms with Gasteiger partial charge in [0.15, 0.2) is 0 Å². The van der Waals surface area contributed by atoms with Gasteiger partial charge in [0.2, 0.25) is 5.91 Å². The first-order valence-electron chi connectivity index (χ1n) is 8.67. The van der Waals surface area contributed by atoms with Gasteiger partial charge in [-0.25, -0.2) is 0 Å². The summed E-state index contributed by atoms with van der Waals surface area (Å²) in [4.78, 5) is 20.5. The monoisotopic (exact) mass is 341 g/mol. The zero-order valence-electron chi connectivity index (χ0n) is 13.8. The Morgan fingerprint density at radius 3 is 2.92 bits per heavy atom. The summed E-state index contributed by atoms with van der Waals surface area (Å²) < 4.78 is 0. The fraction of sp³-hybridized carbons (Fsp3) is 0.474. The number of rotatable bonds is 5. The molecule has 5 heteroatoms. The first kappa shape index (κ1) is 15.8. The van der Waals surface area contributed by atoms with Crippen molar-refractivity contribution >= 4 is 17.2 Å². The maximum absolute atomic E-state index is 12.4. The van der Waals surface area contributed by atoms with Crippen molar-refractivity contribution < 1.29 is 4.79 Å². The van der Waals surface area contributed by atoms with Crippen LogP contribution in [0.5, 0.6) is 0 Å². The van der Waals surface area contributed by atoms with Crippen LogP contribution in [0, 0.1) is 11.3 Å². The molecule has 0 bridgehead atoms. The van der Waals surface area contributed by atoms with E-state index in [2.05, 4.69) is 32.7 Å². The number of nitrogens with one attached hydrogen (secondary N) is 1. The number of piperidine rings is 1. The Kier molecular flexibility index (Phi) is 4.37. The summed E-state index contributed by atoms with van der Waals surface area (Å²) in [6.45, 7) is 3.88. The fourth-order valence-corrected chi connectivity index (χ4v) is 4.61. The maximum atomic E-state index is 12.4. The van der Waals surface area contributed by atoms with Crippen LogP contribution in [0.25, 0.3) is 0 Å². The maximum Gasteiger partial charge on any atom is 0.223 e. The molecule has 24 heavy (non-hydrogen) atoms. The van der Waals surface area contributed by atoms with Crippen molar-refractivity contribution in [3.8, 4) is 0 Å². The highest BCUT2D eigenvalue weighted by molar-refractivity contribution is 7.09. The largest absolute Gasteiger partial charge is 0.352 e. The molecule has 0 aromatic carbocycles. The molecule has 1 amide bonds. The Bertz CT molecular complexity index is 678. The molecular formula is C19H23N3OS. The first-order chi connectivity index (χ1) is 11.8. The van der Waals surface area contributed by atoms with E-state index in [-0.39, 0.29) is 17.2 Å². The van der Waals surface area contributed by atoms with Gasteiger partial charge in [-0.3, -0.25) is 14.7 Å². The van der Waals surface area contributed by atoms with Gasteiger partial charge in [-0.1, -0.05) is 12.1 Å². The van der Waals surface area contributed by atoms with Crippen LogP contribution >= 0.6 is 11.3 Å². The summed E-state index contributed by atoms with van der Waals surface area (Å²) in [5, 5.41) is 5.23. The minimum atomic E-state index is 0.220. The lowest BCUT2D eigenvalue weighted by molar-refractivity contribution is -0.123. The number of pyridine rings is 1. The second-order valence-corrected chi connectivity index (χ2v) is 8.09. The van der Waals surface area contributed by atoms with E-state index in [0.29, 0.717) is 6.54 Å². The van der Waals surface area contributed by atoms with Gasteiger partial charge < -0.3 is 5.32 Å². The lowest BCUT2D eigenvalue weighted by Gasteiger charge is -2.32. The molecule has 1 unspecified atom stereocenters. The molecule has 126 valence electrons. The van der Waals surface area contributed by atoms with Crippen LogP contribution in [0.15, 0.2) is 42.0 Å². The van der Waals surface area contributed by atoms with Gasteiger partial charge in [-0.15, -0.1) is 11.3 Å². The van der Waals surface area contributed by atoms with E-state index in [4.69, 9.17) is 0 Å². The highest BCUT2D eigenvalue weighted by atomic mass is 32.1. The Hall–Kier alpha value is -1.72. The number of hydrogen-bond donors (Lipinski definition) is 1. The molecule has 2 aromatic rings. The molecule has 0 radical (unpaired) electrons. The molecule has 1 aliphatic carbocycles. The Morgan fingerprint density at radius 2 is 2.21 bits per heavy atom. The van der Waals surface area contributed by atoms with Crippen molar-refractivity contribution in [1.82, 2.24) is 15.2 Å². The summed E-state index contributed by atoms with van der Waals surface area (Å²) in [5.41, 5.74) is 1.34. The first-order valence-corrected chi connectivity index (χ1v) is 9.54. The predicted octanol–water partition coefficient (Wildman–Crippen LogP) is 3.06. The third-order valence-corrected chi connectivity index (χ3v) is 6.37. The summed E-state index contributed by atoms with van der Waals surface area (Å²) in [6.07, 6.45) is 6.95. The van der Waals surface area contributed by atoms with Crippen LogP contribution in [0.1, 0.15) is 29.7 Å². The molecule has 1 saturated heterocycles. The summed E-state index contributed by atoms with van der Waals surface area (Å²) in [6, 6.07) is 8.23. The molecule has 1 aliphatic heterocycles. The SMILES string of the molecule is O=C(NCc1cccnc1)C1CC12CCN(Cc1cccs1)CC2. The Balaban J connectivity index is 1.25. The van der Waals surface area contributed by atoms with Crippen molar-refractivity contribution in [1.29, 1.82) is 0 Å². The fourth-order valence-electron chi connectivity index (χ4n) is 3.87. The molecule has 1 spiro atoms. The Labute approximate surface area is 146 Å². The third kappa shape index (κ3) is 3.37. The smallest absolute Gasteiger partial charge is 0.223 e. The third-order valence-electron chi connectivity index (χ3n) is 5.51. The summed E-state index contributed by atoms with van der Waals surface area (Å²) in [5.74, 6) is 0.448. The Morgan fingerprint density at radius 1 is 1.33 bits per heavy atom. The van der Waals surface area contributed by atoms with Crippen LogP contribution < -0.4 is 5.32 Å². The molecule has 4 rings (SSSR count). The van der Waals surface area contributed by atoms with E-state index >= 15 is 0 Å². The van der Waals surface area contributed by atoms with Gasteiger partial charge in [0.25, 0.3) is 0 Å². The van der Waals surface area contributed by atoms with Crippen LogP contribution in [-0.2, 0) is 17.9 Å². The average molecular weight is 341 g/mol. The van der Waals surface area contributed by atoms with Crippen molar-refractivity contribution in [2.24, 2.45) is 11.3 Å². The van der Waals surface area contributed by atoms with E-state index in [9.17, 15) is 4.79 Å². The lowest BCUT2D eigenvalue weighted by atomic mass is 9.90. The lowest BCUT2D eigenvalue weighted by Crippen LogP contribution is -2.36. The zero-order chi connectivity index (χ0) is 16.4. The second kappa shape index (κ2) is 6.65. The number of likely N-dealkylation sites (tertiary alicyclic amines) is 1. The average Bonchev–Trinajstić information content (AvgIpc) is 3.07. The molecular weight excluding hydrogens is 318 g/mol. The topological polar surface area (TPSA) is 45.2 Å². The molecule has 1 atom stereocenters. The number of amides is 1. The normalized spacial score (nSPS) is 22.4. The minimum Gasteiger partial charge on any atom is -0.352 e. The summed E-state index contributed by atoms with van der Waals surface area (Å²) >= 11 is 1.83. The van der Waals surface area contributed by atoms with E-state index in [1.54, 1.807) is 6.20 Å². The minimum absolute atomic E-state index is 0.220. The van der Waals surface area contributed by atoms with Gasteiger partial charge in [0, 0.05) is 36.3 Å². The van der Waals surface area contributed by atoms with E-state index in [1.165, 1.54) is 4.88 Å². The molecule has 1 N–H and O–H groups in total. The molecule has 2 aromatic heterocycles. The van der Waals surface area contributed by atoms with Crippen LogP contribution in [-0.4, -0.2) is 28.9 Å². The van der Waals surface area contributed by atoms with Gasteiger partial charge in [-0.05, 0) is 60.8 Å². The number of aromatic nitrogens is 1. The van der Waals surface area contributed by atoms with Crippen molar-refractivity contribution in [2.75, 3.05) is 13.1 Å². The van der Waals surface area contributed by atoms with Crippen LogP contribution in [0.2, 0.25) is 0 Å². The van der Waals surface area contributed by atoms with Crippen molar-refractivity contribution in [3.63, 3.8) is 0 Å². The molecule has 2 fully saturated rings. The van der Waals surface area contributed by atoms with Crippen molar-refractivity contribution in [3.05, 3.63) is 52.5 Å². The highest BCUT2D eigenvalue weighted by Gasteiger charge is 2.58. The summed E-state index contributed by atoms with van der Waals surface area (Å²) in [7, 11) is 0. The van der Waals surface area contributed by atoms with Gasteiger partial charge >= 0.3 is 0 Å².